The van der Waals surface area contributed by atoms with Gasteiger partial charge in [0.15, 0.2) is 0 Å². The number of aryl methyl sites for hydroxylation is 1. The predicted molar refractivity (Wildman–Crippen MR) is 97.2 cm³/mol. The minimum atomic E-state index is -3.78. The van der Waals surface area contributed by atoms with Crippen molar-refractivity contribution in [2.75, 3.05) is 26.2 Å². The molecule has 1 fully saturated rings. The summed E-state index contributed by atoms with van der Waals surface area (Å²) >= 11 is 5.13. The fraction of sp³-hybridized carbons (Fsp3) is 0.375. The second-order valence-electron chi connectivity index (χ2n) is 5.82. The molecule has 0 N–H and O–H groups in total. The molecular formula is C16H18BrFN2O2S2. The summed E-state index contributed by atoms with van der Waals surface area (Å²) in [7, 11) is -3.78. The monoisotopic (exact) mass is 432 g/mol. The van der Waals surface area contributed by atoms with Crippen LogP contribution in [0.1, 0.15) is 10.4 Å². The molecule has 0 amide bonds. The molecule has 0 aliphatic carbocycles. The first-order valence-electron chi connectivity index (χ1n) is 7.59. The van der Waals surface area contributed by atoms with Crippen LogP contribution in [0.5, 0.6) is 0 Å². The van der Waals surface area contributed by atoms with E-state index in [1.165, 1.54) is 21.3 Å². The third-order valence-corrected chi connectivity index (χ3v) is 7.57. The van der Waals surface area contributed by atoms with Gasteiger partial charge in [-0.1, -0.05) is 6.07 Å². The summed E-state index contributed by atoms with van der Waals surface area (Å²) in [6, 6.07) is 8.28. The van der Waals surface area contributed by atoms with Crippen molar-refractivity contribution in [3.05, 3.63) is 50.4 Å². The Bertz CT molecular complexity index is 830. The Morgan fingerprint density at radius 1 is 1.17 bits per heavy atom. The molecule has 0 radical (unpaired) electrons. The average molecular weight is 433 g/mol. The molecule has 4 nitrogen and oxygen atoms in total. The van der Waals surface area contributed by atoms with Crippen LogP contribution in [0.4, 0.5) is 4.39 Å². The van der Waals surface area contributed by atoms with Crippen LogP contribution in [0, 0.1) is 12.7 Å². The second-order valence-corrected chi connectivity index (χ2v) is 10.3. The molecule has 2 heterocycles. The summed E-state index contributed by atoms with van der Waals surface area (Å²) < 4.78 is 41.8. The van der Waals surface area contributed by atoms with Crippen molar-refractivity contribution >= 4 is 37.3 Å². The van der Waals surface area contributed by atoms with E-state index in [4.69, 9.17) is 0 Å². The van der Waals surface area contributed by atoms with E-state index in [2.05, 4.69) is 26.9 Å². The number of hydrogen-bond acceptors (Lipinski definition) is 4. The number of rotatable bonds is 4. The molecule has 1 saturated heterocycles. The van der Waals surface area contributed by atoms with Gasteiger partial charge in [0.2, 0.25) is 10.0 Å². The minimum Gasteiger partial charge on any atom is -0.296 e. The lowest BCUT2D eigenvalue weighted by Crippen LogP contribution is -2.48. The van der Waals surface area contributed by atoms with Gasteiger partial charge < -0.3 is 0 Å². The van der Waals surface area contributed by atoms with Crippen LogP contribution in [-0.4, -0.2) is 43.8 Å². The van der Waals surface area contributed by atoms with E-state index in [1.807, 2.05) is 6.07 Å². The fourth-order valence-corrected chi connectivity index (χ4v) is 5.83. The summed E-state index contributed by atoms with van der Waals surface area (Å²) in [5.74, 6) is -0.688. The Morgan fingerprint density at radius 2 is 1.88 bits per heavy atom. The molecule has 130 valence electrons. The van der Waals surface area contributed by atoms with Crippen LogP contribution in [0.15, 0.2) is 39.0 Å². The normalized spacial score (nSPS) is 17.3. The van der Waals surface area contributed by atoms with Gasteiger partial charge in [-0.15, -0.1) is 11.3 Å². The van der Waals surface area contributed by atoms with E-state index in [-0.39, 0.29) is 4.90 Å². The van der Waals surface area contributed by atoms with Crippen LogP contribution < -0.4 is 0 Å². The Labute approximate surface area is 154 Å². The molecule has 3 rings (SSSR count). The number of halogens is 2. The molecule has 1 aliphatic heterocycles. The molecule has 1 aromatic carbocycles. The van der Waals surface area contributed by atoms with Crippen LogP contribution in [-0.2, 0) is 16.6 Å². The summed E-state index contributed by atoms with van der Waals surface area (Å²) in [5.41, 5.74) is 0.733. The lowest BCUT2D eigenvalue weighted by atomic mass is 10.2. The zero-order chi connectivity index (χ0) is 17.3. The average Bonchev–Trinajstić information content (AvgIpc) is 2.95. The van der Waals surface area contributed by atoms with Gasteiger partial charge in [-0.2, -0.15) is 4.31 Å². The van der Waals surface area contributed by atoms with Crippen molar-refractivity contribution in [3.8, 4) is 0 Å². The van der Waals surface area contributed by atoms with Crippen molar-refractivity contribution in [3.63, 3.8) is 0 Å². The Balaban J connectivity index is 1.68. The maximum Gasteiger partial charge on any atom is 0.246 e. The van der Waals surface area contributed by atoms with Crippen molar-refractivity contribution in [1.29, 1.82) is 0 Å². The lowest BCUT2D eigenvalue weighted by molar-refractivity contribution is 0.182. The van der Waals surface area contributed by atoms with Crippen LogP contribution in [0.25, 0.3) is 0 Å². The Hall–Kier alpha value is -0.800. The van der Waals surface area contributed by atoms with Gasteiger partial charge in [0.1, 0.15) is 10.7 Å². The van der Waals surface area contributed by atoms with E-state index in [0.717, 1.165) is 15.9 Å². The minimum absolute atomic E-state index is 0.224. The zero-order valence-corrected chi connectivity index (χ0v) is 16.4. The molecule has 8 heteroatoms. The molecule has 1 aromatic heterocycles. The van der Waals surface area contributed by atoms with Crippen LogP contribution in [0.3, 0.4) is 0 Å². The Morgan fingerprint density at radius 3 is 2.50 bits per heavy atom. The van der Waals surface area contributed by atoms with Crippen LogP contribution in [0.2, 0.25) is 0 Å². The van der Waals surface area contributed by atoms with Crippen LogP contribution >= 0.6 is 27.3 Å². The quantitative estimate of drug-likeness (QED) is 0.742. The first-order valence-corrected chi connectivity index (χ1v) is 10.6. The van der Waals surface area contributed by atoms with E-state index >= 15 is 0 Å². The maximum absolute atomic E-state index is 14.0. The standard InChI is InChI=1S/C16H18BrFN2O2S2/c1-12-2-4-14(18)15(10-12)24(21,22)20-8-6-19(7-9-20)11-13-3-5-16(17)23-13/h2-5,10H,6-9,11H2,1H3. The first kappa shape index (κ1) is 18.0. The SMILES string of the molecule is Cc1ccc(F)c(S(=O)(=O)N2CCN(Cc3ccc(Br)s3)CC2)c1. The fourth-order valence-electron chi connectivity index (χ4n) is 2.73. The first-order chi connectivity index (χ1) is 11.4. The summed E-state index contributed by atoms with van der Waals surface area (Å²) in [5, 5.41) is 0. The third kappa shape index (κ3) is 3.88. The summed E-state index contributed by atoms with van der Waals surface area (Å²) in [4.78, 5) is 3.23. The summed E-state index contributed by atoms with van der Waals surface area (Å²) in [6.07, 6.45) is 0. The number of nitrogens with zero attached hydrogens (tertiary/aromatic N) is 2. The molecule has 0 unspecified atom stereocenters. The van der Waals surface area contributed by atoms with E-state index in [9.17, 15) is 12.8 Å². The number of benzene rings is 1. The van der Waals surface area contributed by atoms with Gasteiger partial charge in [0.05, 0.1) is 3.79 Å². The Kier molecular flexibility index (Phi) is 5.41. The van der Waals surface area contributed by atoms with Crippen molar-refractivity contribution in [1.82, 2.24) is 9.21 Å². The largest absolute Gasteiger partial charge is 0.296 e. The van der Waals surface area contributed by atoms with Crippen molar-refractivity contribution in [2.24, 2.45) is 0 Å². The van der Waals surface area contributed by atoms with E-state index in [1.54, 1.807) is 24.3 Å². The molecule has 24 heavy (non-hydrogen) atoms. The molecule has 0 atom stereocenters. The highest BCUT2D eigenvalue weighted by Crippen LogP contribution is 2.25. The number of sulfonamides is 1. The molecule has 2 aromatic rings. The molecule has 1 aliphatic rings. The topological polar surface area (TPSA) is 40.6 Å². The number of piperazine rings is 1. The van der Waals surface area contributed by atoms with E-state index < -0.39 is 15.8 Å². The maximum atomic E-state index is 14.0. The van der Waals surface area contributed by atoms with Gasteiger partial charge in [0, 0.05) is 37.6 Å². The molecule has 0 spiro atoms. The zero-order valence-electron chi connectivity index (χ0n) is 13.2. The number of hydrogen-bond donors (Lipinski definition) is 0. The lowest BCUT2D eigenvalue weighted by Gasteiger charge is -2.33. The van der Waals surface area contributed by atoms with Gasteiger partial charge in [-0.05, 0) is 52.7 Å². The third-order valence-electron chi connectivity index (χ3n) is 4.04. The van der Waals surface area contributed by atoms with Gasteiger partial charge in [-0.25, -0.2) is 12.8 Å². The smallest absolute Gasteiger partial charge is 0.246 e. The highest BCUT2D eigenvalue weighted by molar-refractivity contribution is 9.11. The molecular weight excluding hydrogens is 415 g/mol. The predicted octanol–water partition coefficient (Wildman–Crippen LogP) is 3.46. The number of thiophene rings is 1. The van der Waals surface area contributed by atoms with Gasteiger partial charge >= 0.3 is 0 Å². The van der Waals surface area contributed by atoms with Gasteiger partial charge in [-0.3, -0.25) is 4.90 Å². The summed E-state index contributed by atoms with van der Waals surface area (Å²) in [6.45, 7) is 4.60. The highest BCUT2D eigenvalue weighted by atomic mass is 79.9. The van der Waals surface area contributed by atoms with Gasteiger partial charge in [0.25, 0.3) is 0 Å². The second kappa shape index (κ2) is 7.21. The molecule has 0 saturated carbocycles. The van der Waals surface area contributed by atoms with Crippen molar-refractivity contribution in [2.45, 2.75) is 18.4 Å². The molecule has 0 bridgehead atoms. The van der Waals surface area contributed by atoms with E-state index in [0.29, 0.717) is 26.2 Å². The van der Waals surface area contributed by atoms with Crippen molar-refractivity contribution < 1.29 is 12.8 Å². The highest BCUT2D eigenvalue weighted by Gasteiger charge is 2.30.